The zero-order chi connectivity index (χ0) is 14.3. The number of carbonyl (C=O) groups is 1. The summed E-state index contributed by atoms with van der Waals surface area (Å²) in [5.74, 6) is 0.528. The number of rotatable bonds is 2. The van der Waals surface area contributed by atoms with Gasteiger partial charge in [0, 0.05) is 12.1 Å². The van der Waals surface area contributed by atoms with Crippen LogP contribution in [0.5, 0.6) is 5.75 Å². The first-order valence-corrected chi connectivity index (χ1v) is 7.33. The second-order valence-electron chi connectivity index (χ2n) is 6.41. The van der Waals surface area contributed by atoms with Crippen LogP contribution in [-0.4, -0.2) is 18.6 Å². The summed E-state index contributed by atoms with van der Waals surface area (Å²) >= 11 is 6.29. The smallest absolute Gasteiger partial charge is 0.262 e. The molecule has 1 atom stereocenters. The highest BCUT2D eigenvalue weighted by atomic mass is 35.5. The Kier molecular flexibility index (Phi) is 3.28. The maximum atomic E-state index is 11.3. The molecule has 1 unspecified atom stereocenters. The summed E-state index contributed by atoms with van der Waals surface area (Å²) in [4.78, 5) is 11.3. The fraction of sp³-hybridized carbons (Fsp3) is 0.533. The van der Waals surface area contributed by atoms with Crippen molar-refractivity contribution in [3.8, 4) is 5.75 Å². The average Bonchev–Trinajstić information content (AvgIpc) is 2.70. The van der Waals surface area contributed by atoms with Crippen LogP contribution in [0, 0.1) is 5.41 Å². The summed E-state index contributed by atoms with van der Waals surface area (Å²) < 4.78 is 5.43. The van der Waals surface area contributed by atoms with E-state index >= 15 is 0 Å². The van der Waals surface area contributed by atoms with Crippen LogP contribution in [0.15, 0.2) is 12.1 Å². The molecule has 1 amide bonds. The molecule has 1 heterocycles. The van der Waals surface area contributed by atoms with E-state index in [2.05, 4.69) is 24.5 Å². The van der Waals surface area contributed by atoms with Gasteiger partial charge >= 0.3 is 0 Å². The normalized spacial score (nSPS) is 23.8. The highest BCUT2D eigenvalue weighted by molar-refractivity contribution is 6.33. The molecule has 1 aliphatic heterocycles. The Morgan fingerprint density at radius 3 is 2.95 bits per heavy atom. The number of nitrogens with one attached hydrogen (secondary N) is 2. The van der Waals surface area contributed by atoms with E-state index in [0.717, 1.165) is 18.5 Å². The van der Waals surface area contributed by atoms with Gasteiger partial charge in [-0.25, -0.2) is 0 Å². The molecule has 2 aliphatic rings. The van der Waals surface area contributed by atoms with Crippen LogP contribution in [0.25, 0.3) is 0 Å². The number of amides is 1. The summed E-state index contributed by atoms with van der Waals surface area (Å²) in [7, 11) is 0. The number of fused-ring (bicyclic) bond motifs is 1. The topological polar surface area (TPSA) is 50.4 Å². The van der Waals surface area contributed by atoms with Gasteiger partial charge in [-0.15, -0.1) is 0 Å². The van der Waals surface area contributed by atoms with Gasteiger partial charge in [-0.05, 0) is 30.7 Å². The average molecular weight is 295 g/mol. The van der Waals surface area contributed by atoms with Crippen molar-refractivity contribution >= 4 is 28.9 Å². The first-order chi connectivity index (χ1) is 9.43. The maximum absolute atomic E-state index is 11.3. The molecule has 1 saturated carbocycles. The van der Waals surface area contributed by atoms with Crippen LogP contribution < -0.4 is 15.4 Å². The molecule has 0 radical (unpaired) electrons. The molecule has 1 aromatic rings. The Morgan fingerprint density at radius 1 is 1.45 bits per heavy atom. The van der Waals surface area contributed by atoms with Gasteiger partial charge in [0.2, 0.25) is 0 Å². The molecule has 20 heavy (non-hydrogen) atoms. The highest BCUT2D eigenvalue weighted by Crippen LogP contribution is 2.41. The van der Waals surface area contributed by atoms with E-state index in [1.54, 1.807) is 6.07 Å². The molecule has 3 rings (SSSR count). The van der Waals surface area contributed by atoms with Gasteiger partial charge < -0.3 is 15.4 Å². The van der Waals surface area contributed by atoms with Crippen molar-refractivity contribution in [3.05, 3.63) is 17.2 Å². The molecule has 0 spiro atoms. The van der Waals surface area contributed by atoms with E-state index in [-0.39, 0.29) is 12.5 Å². The summed E-state index contributed by atoms with van der Waals surface area (Å²) in [6, 6.07) is 4.07. The number of benzene rings is 1. The third-order valence-electron chi connectivity index (χ3n) is 4.03. The lowest BCUT2D eigenvalue weighted by Gasteiger charge is -2.22. The van der Waals surface area contributed by atoms with E-state index in [9.17, 15) is 4.79 Å². The van der Waals surface area contributed by atoms with Gasteiger partial charge in [0.15, 0.2) is 6.61 Å². The number of ether oxygens (including phenoxy) is 1. The van der Waals surface area contributed by atoms with E-state index < -0.39 is 0 Å². The van der Waals surface area contributed by atoms with Crippen LogP contribution in [-0.2, 0) is 4.79 Å². The molecular formula is C15H19ClN2O2. The monoisotopic (exact) mass is 294 g/mol. The lowest BCUT2D eigenvalue weighted by Crippen LogP contribution is -2.25. The van der Waals surface area contributed by atoms with Gasteiger partial charge in [0.05, 0.1) is 16.4 Å². The second kappa shape index (κ2) is 4.85. The molecule has 1 aliphatic carbocycles. The van der Waals surface area contributed by atoms with Crippen LogP contribution in [0.1, 0.15) is 33.1 Å². The molecule has 1 fully saturated rings. The first-order valence-electron chi connectivity index (χ1n) is 6.96. The van der Waals surface area contributed by atoms with Crippen molar-refractivity contribution in [2.75, 3.05) is 17.2 Å². The summed E-state index contributed by atoms with van der Waals surface area (Å²) in [5.41, 5.74) is 1.91. The van der Waals surface area contributed by atoms with E-state index in [4.69, 9.17) is 16.3 Å². The van der Waals surface area contributed by atoms with Crippen LogP contribution in [0.4, 0.5) is 11.4 Å². The zero-order valence-electron chi connectivity index (χ0n) is 11.8. The van der Waals surface area contributed by atoms with Crippen molar-refractivity contribution in [2.45, 2.75) is 39.2 Å². The minimum Gasteiger partial charge on any atom is -0.482 e. The fourth-order valence-electron chi connectivity index (χ4n) is 2.99. The third kappa shape index (κ3) is 2.70. The largest absolute Gasteiger partial charge is 0.482 e. The van der Waals surface area contributed by atoms with E-state index in [0.29, 0.717) is 27.9 Å². The highest BCUT2D eigenvalue weighted by Gasteiger charge is 2.31. The SMILES string of the molecule is CC1(C)CCC(Nc2cc3c(cc2Cl)NC(=O)CO3)C1. The second-order valence-corrected chi connectivity index (χ2v) is 6.82. The lowest BCUT2D eigenvalue weighted by atomic mass is 9.92. The van der Waals surface area contributed by atoms with Crippen molar-refractivity contribution in [3.63, 3.8) is 0 Å². The number of anilines is 2. The van der Waals surface area contributed by atoms with Crippen molar-refractivity contribution < 1.29 is 9.53 Å². The Morgan fingerprint density at radius 2 is 2.25 bits per heavy atom. The predicted molar refractivity (Wildman–Crippen MR) is 80.6 cm³/mol. The Bertz CT molecular complexity index is 557. The van der Waals surface area contributed by atoms with Crippen LogP contribution in [0.3, 0.4) is 0 Å². The minimum atomic E-state index is -0.146. The van der Waals surface area contributed by atoms with Gasteiger partial charge in [0.1, 0.15) is 5.75 Å². The number of carbonyl (C=O) groups excluding carboxylic acids is 1. The molecule has 2 N–H and O–H groups in total. The van der Waals surface area contributed by atoms with Gasteiger partial charge in [0.25, 0.3) is 5.91 Å². The standard InChI is InChI=1S/C15H19ClN2O2/c1-15(2)4-3-9(7-15)17-11-6-13-12(5-10(11)16)18-14(19)8-20-13/h5-6,9,17H,3-4,7-8H2,1-2H3,(H,18,19). The van der Waals surface area contributed by atoms with Gasteiger partial charge in [-0.1, -0.05) is 25.4 Å². The zero-order valence-corrected chi connectivity index (χ0v) is 12.5. The van der Waals surface area contributed by atoms with Crippen molar-refractivity contribution in [1.29, 1.82) is 0 Å². The van der Waals surface area contributed by atoms with Crippen molar-refractivity contribution in [2.24, 2.45) is 5.41 Å². The minimum absolute atomic E-state index is 0.0601. The summed E-state index contributed by atoms with van der Waals surface area (Å²) in [6.07, 6.45) is 3.51. The Labute approximate surface area is 123 Å². The first kappa shape index (κ1) is 13.6. The van der Waals surface area contributed by atoms with Crippen LogP contribution >= 0.6 is 11.6 Å². The molecule has 1 aromatic carbocycles. The molecule has 0 aromatic heterocycles. The number of hydrogen-bond donors (Lipinski definition) is 2. The molecule has 108 valence electrons. The van der Waals surface area contributed by atoms with Crippen LogP contribution in [0.2, 0.25) is 5.02 Å². The van der Waals surface area contributed by atoms with Gasteiger partial charge in [-0.2, -0.15) is 0 Å². The Hall–Kier alpha value is -1.42. The third-order valence-corrected chi connectivity index (χ3v) is 4.34. The van der Waals surface area contributed by atoms with E-state index in [1.807, 2.05) is 6.07 Å². The molecule has 4 nitrogen and oxygen atoms in total. The van der Waals surface area contributed by atoms with Gasteiger partial charge in [-0.3, -0.25) is 4.79 Å². The molecule has 0 saturated heterocycles. The molecular weight excluding hydrogens is 276 g/mol. The summed E-state index contributed by atoms with van der Waals surface area (Å²) in [6.45, 7) is 4.65. The Balaban J connectivity index is 1.79. The van der Waals surface area contributed by atoms with E-state index in [1.165, 1.54) is 6.42 Å². The molecule has 0 bridgehead atoms. The number of halogens is 1. The lowest BCUT2D eigenvalue weighted by molar-refractivity contribution is -0.118. The fourth-order valence-corrected chi connectivity index (χ4v) is 3.21. The maximum Gasteiger partial charge on any atom is 0.262 e. The summed E-state index contributed by atoms with van der Waals surface area (Å²) in [5, 5.41) is 6.87. The van der Waals surface area contributed by atoms with Crippen molar-refractivity contribution in [1.82, 2.24) is 0 Å². The predicted octanol–water partition coefficient (Wildman–Crippen LogP) is 3.66. The number of hydrogen-bond acceptors (Lipinski definition) is 3. The quantitative estimate of drug-likeness (QED) is 0.875. The molecule has 5 heteroatoms.